The molecule has 0 aliphatic heterocycles. The van der Waals surface area contributed by atoms with Crippen molar-refractivity contribution in [1.29, 1.82) is 0 Å². The number of amides is 1. The average Bonchev–Trinajstić information content (AvgIpc) is 3.04. The Bertz CT molecular complexity index is 724. The quantitative estimate of drug-likeness (QED) is 0.853. The molecule has 3 rings (SSSR count). The van der Waals surface area contributed by atoms with Crippen LogP contribution in [0, 0.1) is 0 Å². The van der Waals surface area contributed by atoms with E-state index in [0.717, 1.165) is 37.0 Å². The smallest absolute Gasteiger partial charge is 0.333 e. The van der Waals surface area contributed by atoms with Crippen molar-refractivity contribution in [2.45, 2.75) is 38.6 Å². The van der Waals surface area contributed by atoms with Gasteiger partial charge in [0.2, 0.25) is 0 Å². The van der Waals surface area contributed by atoms with E-state index in [1.54, 1.807) is 19.1 Å². The number of nitrogens with one attached hydrogen (secondary N) is 1. The second-order valence-corrected chi connectivity index (χ2v) is 5.71. The van der Waals surface area contributed by atoms with Gasteiger partial charge in [0.15, 0.2) is 11.7 Å². The lowest BCUT2D eigenvalue weighted by molar-refractivity contribution is -0.145. The zero-order valence-electron chi connectivity index (χ0n) is 13.6. The Hall–Kier alpha value is -2.63. The summed E-state index contributed by atoms with van der Waals surface area (Å²) in [6, 6.07) is 8.16. The summed E-state index contributed by atoms with van der Waals surface area (Å²) >= 11 is 0. The van der Waals surface area contributed by atoms with Gasteiger partial charge in [0.25, 0.3) is 5.91 Å². The fraction of sp³-hybridized carbons (Fsp3) is 0.389. The molecule has 24 heavy (non-hydrogen) atoms. The van der Waals surface area contributed by atoms with Crippen molar-refractivity contribution in [1.82, 2.24) is 10.5 Å². The summed E-state index contributed by atoms with van der Waals surface area (Å²) in [7, 11) is 0. The Morgan fingerprint density at radius 3 is 2.75 bits per heavy atom. The number of fused-ring (bicyclic) bond motifs is 1. The first-order valence-corrected chi connectivity index (χ1v) is 8.20. The molecule has 2 aromatic rings. The van der Waals surface area contributed by atoms with Crippen LogP contribution in [0.2, 0.25) is 0 Å². The van der Waals surface area contributed by atoms with E-state index in [1.165, 1.54) is 0 Å². The van der Waals surface area contributed by atoms with Crippen LogP contribution in [0.5, 0.6) is 0 Å². The third kappa shape index (κ3) is 3.32. The van der Waals surface area contributed by atoms with E-state index in [4.69, 9.17) is 9.26 Å². The number of carbonyl (C=O) groups excluding carboxylic acids is 2. The summed E-state index contributed by atoms with van der Waals surface area (Å²) in [4.78, 5) is 24.9. The van der Waals surface area contributed by atoms with Crippen molar-refractivity contribution in [2.24, 2.45) is 0 Å². The van der Waals surface area contributed by atoms with Crippen molar-refractivity contribution < 1.29 is 18.8 Å². The molecule has 1 aromatic carbocycles. The standard InChI is InChI=1S/C18H20N2O4/c1-2-23-18(22)15(12-8-4-3-5-9-12)19-17(21)16-13-10-6-7-11-14(13)24-20-16/h3-5,8-9,15H,2,6-7,10-11H2,1H3,(H,19,21). The highest BCUT2D eigenvalue weighted by Gasteiger charge is 2.29. The normalized spacial score (nSPS) is 14.5. The monoisotopic (exact) mass is 328 g/mol. The van der Waals surface area contributed by atoms with Gasteiger partial charge in [-0.2, -0.15) is 0 Å². The highest BCUT2D eigenvalue weighted by Crippen LogP contribution is 2.25. The maximum atomic E-state index is 12.6. The third-order valence-corrected chi connectivity index (χ3v) is 4.10. The molecular formula is C18H20N2O4. The molecule has 1 amide bonds. The summed E-state index contributed by atoms with van der Waals surface area (Å²) < 4.78 is 10.4. The molecule has 1 heterocycles. The summed E-state index contributed by atoms with van der Waals surface area (Å²) in [5, 5.41) is 6.65. The highest BCUT2D eigenvalue weighted by molar-refractivity contribution is 5.96. The molecule has 6 heteroatoms. The third-order valence-electron chi connectivity index (χ3n) is 4.10. The van der Waals surface area contributed by atoms with E-state index in [2.05, 4.69) is 10.5 Å². The van der Waals surface area contributed by atoms with Gasteiger partial charge in [-0.1, -0.05) is 35.5 Å². The zero-order valence-corrected chi connectivity index (χ0v) is 13.6. The SMILES string of the molecule is CCOC(=O)C(NC(=O)c1noc2c1CCCC2)c1ccccc1. The Morgan fingerprint density at radius 2 is 2.00 bits per heavy atom. The molecular weight excluding hydrogens is 308 g/mol. The first-order chi connectivity index (χ1) is 11.7. The van der Waals surface area contributed by atoms with Gasteiger partial charge >= 0.3 is 5.97 Å². The molecule has 1 N–H and O–H groups in total. The second-order valence-electron chi connectivity index (χ2n) is 5.71. The van der Waals surface area contributed by atoms with Gasteiger partial charge in [-0.25, -0.2) is 4.79 Å². The van der Waals surface area contributed by atoms with Gasteiger partial charge in [-0.15, -0.1) is 0 Å². The first-order valence-electron chi connectivity index (χ1n) is 8.20. The van der Waals surface area contributed by atoms with Gasteiger partial charge < -0.3 is 14.6 Å². The number of esters is 1. The lowest BCUT2D eigenvalue weighted by Gasteiger charge is -2.17. The van der Waals surface area contributed by atoms with Crippen LogP contribution in [0.3, 0.4) is 0 Å². The van der Waals surface area contributed by atoms with E-state index < -0.39 is 17.9 Å². The van der Waals surface area contributed by atoms with Gasteiger partial charge in [-0.3, -0.25) is 4.79 Å². The van der Waals surface area contributed by atoms with Crippen LogP contribution in [0.1, 0.15) is 53.2 Å². The minimum Gasteiger partial charge on any atom is -0.464 e. The molecule has 0 radical (unpaired) electrons. The molecule has 0 fully saturated rings. The molecule has 1 atom stereocenters. The van der Waals surface area contributed by atoms with Crippen LogP contribution in [-0.2, 0) is 22.4 Å². The Balaban J connectivity index is 1.83. The molecule has 126 valence electrons. The molecule has 1 aromatic heterocycles. The fourth-order valence-corrected chi connectivity index (χ4v) is 2.91. The van der Waals surface area contributed by atoms with E-state index >= 15 is 0 Å². The Kier molecular flexibility index (Phi) is 4.93. The summed E-state index contributed by atoms with van der Waals surface area (Å²) in [6.07, 6.45) is 3.62. The highest BCUT2D eigenvalue weighted by atomic mass is 16.5. The predicted molar refractivity (Wildman–Crippen MR) is 86.4 cm³/mol. The minimum absolute atomic E-state index is 0.247. The fourth-order valence-electron chi connectivity index (χ4n) is 2.91. The number of hydrogen-bond donors (Lipinski definition) is 1. The van der Waals surface area contributed by atoms with Crippen molar-refractivity contribution >= 4 is 11.9 Å². The molecule has 0 saturated heterocycles. The lowest BCUT2D eigenvalue weighted by atomic mass is 9.96. The summed E-state index contributed by atoms with van der Waals surface area (Å²) in [5.74, 6) is -0.128. The van der Waals surface area contributed by atoms with Crippen molar-refractivity contribution in [3.05, 3.63) is 52.9 Å². The predicted octanol–water partition coefficient (Wildman–Crippen LogP) is 2.59. The van der Waals surface area contributed by atoms with Crippen LogP contribution in [0.15, 0.2) is 34.9 Å². The number of hydrogen-bond acceptors (Lipinski definition) is 5. The van der Waals surface area contributed by atoms with Crippen LogP contribution in [0.25, 0.3) is 0 Å². The second kappa shape index (κ2) is 7.29. The molecule has 0 spiro atoms. The Labute approximate surface area is 140 Å². The maximum absolute atomic E-state index is 12.6. The van der Waals surface area contributed by atoms with E-state index in [9.17, 15) is 9.59 Å². The molecule has 1 unspecified atom stereocenters. The van der Waals surface area contributed by atoms with E-state index in [1.807, 2.05) is 18.2 Å². The minimum atomic E-state index is -0.866. The number of aryl methyl sites for hydroxylation is 1. The van der Waals surface area contributed by atoms with Crippen LogP contribution < -0.4 is 5.32 Å². The van der Waals surface area contributed by atoms with Crippen molar-refractivity contribution in [3.8, 4) is 0 Å². The molecule has 6 nitrogen and oxygen atoms in total. The number of nitrogens with zero attached hydrogens (tertiary/aromatic N) is 1. The van der Waals surface area contributed by atoms with Crippen molar-refractivity contribution in [2.75, 3.05) is 6.61 Å². The number of aromatic nitrogens is 1. The summed E-state index contributed by atoms with van der Waals surface area (Å²) in [5.41, 5.74) is 1.80. The van der Waals surface area contributed by atoms with E-state index in [0.29, 0.717) is 5.56 Å². The summed E-state index contributed by atoms with van der Waals surface area (Å²) in [6.45, 7) is 1.98. The van der Waals surface area contributed by atoms with Gasteiger partial charge in [0.05, 0.1) is 6.61 Å². The van der Waals surface area contributed by atoms with E-state index in [-0.39, 0.29) is 12.3 Å². The number of benzene rings is 1. The zero-order chi connectivity index (χ0) is 16.9. The largest absolute Gasteiger partial charge is 0.464 e. The number of ether oxygens (including phenoxy) is 1. The van der Waals surface area contributed by atoms with Crippen LogP contribution >= 0.6 is 0 Å². The van der Waals surface area contributed by atoms with Gasteiger partial charge in [0.1, 0.15) is 5.76 Å². The molecule has 0 bridgehead atoms. The Morgan fingerprint density at radius 1 is 1.25 bits per heavy atom. The van der Waals surface area contributed by atoms with Crippen LogP contribution in [0.4, 0.5) is 0 Å². The van der Waals surface area contributed by atoms with Gasteiger partial charge in [0, 0.05) is 12.0 Å². The molecule has 0 saturated carbocycles. The molecule has 1 aliphatic rings. The maximum Gasteiger partial charge on any atom is 0.333 e. The number of carbonyl (C=O) groups is 2. The lowest BCUT2D eigenvalue weighted by Crippen LogP contribution is -2.35. The topological polar surface area (TPSA) is 81.4 Å². The first kappa shape index (κ1) is 16.2. The average molecular weight is 328 g/mol. The molecule has 1 aliphatic carbocycles. The number of rotatable bonds is 5. The van der Waals surface area contributed by atoms with Crippen LogP contribution in [-0.4, -0.2) is 23.6 Å². The van der Waals surface area contributed by atoms with Gasteiger partial charge in [-0.05, 0) is 31.7 Å². The van der Waals surface area contributed by atoms with Crippen molar-refractivity contribution in [3.63, 3.8) is 0 Å².